The number of rotatable bonds is 57. The Morgan fingerprint density at radius 1 is 0.352 bits per heavy atom. The molecule has 4 unspecified atom stereocenters. The number of amides is 4. The monoisotopic (exact) mass is 1840 g/mol. The zero-order valence-corrected chi connectivity index (χ0v) is 73.1. The third kappa shape index (κ3) is 39.4. The highest BCUT2D eigenvalue weighted by Crippen LogP contribution is 2.50. The molecule has 0 radical (unpaired) electrons. The van der Waals surface area contributed by atoms with Crippen molar-refractivity contribution in [2.45, 2.75) is 172 Å². The summed E-state index contributed by atoms with van der Waals surface area (Å²) >= 11 is 0. The molecule has 4 N–H and O–H groups in total. The molecule has 2 aliphatic rings. The van der Waals surface area contributed by atoms with Crippen LogP contribution < -0.4 is 21.3 Å². The molecule has 0 aromatic heterocycles. The molecule has 718 valence electrons. The first-order chi connectivity index (χ1) is 59.1. The quantitative estimate of drug-likeness (QED) is 0.0190. The van der Waals surface area contributed by atoms with Crippen molar-refractivity contribution in [2.75, 3.05) is 112 Å². The molecule has 2 saturated carbocycles. The number of carbonyl (C=O) groups excluding carboxylic acids is 14. The van der Waals surface area contributed by atoms with Crippen molar-refractivity contribution in [1.82, 2.24) is 21.3 Å². The molecule has 2 fully saturated rings. The number of nitrogens with one attached hydrogen (secondary N) is 4. The Bertz CT molecular complexity index is 3870. The summed E-state index contributed by atoms with van der Waals surface area (Å²) in [5.74, 6) is -16.7. The van der Waals surface area contributed by atoms with Gasteiger partial charge >= 0.3 is 108 Å². The van der Waals surface area contributed by atoms with Gasteiger partial charge in [0.1, 0.15) is 84.9 Å². The molecule has 2 rings (SSSR count). The van der Waals surface area contributed by atoms with Gasteiger partial charge in [-0.15, -0.1) is 0 Å². The van der Waals surface area contributed by atoms with Crippen LogP contribution in [-0.4, -0.2) is 254 Å². The van der Waals surface area contributed by atoms with Crippen molar-refractivity contribution in [3.8, 4) is 0 Å². The summed E-state index contributed by atoms with van der Waals surface area (Å²) in [5.41, 5.74) is -19.5. The summed E-state index contributed by atoms with van der Waals surface area (Å²) in [6.45, 7) is 29.7. The van der Waals surface area contributed by atoms with E-state index in [4.69, 9.17) is 71.1 Å². The molecule has 4 atom stereocenters. The van der Waals surface area contributed by atoms with E-state index in [2.05, 4.69) is 101 Å². The molecule has 0 bridgehead atoms. The maximum absolute atomic E-state index is 16.1. The van der Waals surface area contributed by atoms with Gasteiger partial charge < -0.3 is 107 Å². The van der Waals surface area contributed by atoms with Gasteiger partial charge in [0, 0.05) is 84.4 Å². The van der Waals surface area contributed by atoms with Gasteiger partial charge in [0.05, 0.1) is 48.1 Å². The average molecular weight is 1840 g/mol. The van der Waals surface area contributed by atoms with E-state index >= 15 is 35.1 Å². The number of carbonyl (C=O) groups is 14. The fraction of sp³-hybridized carbons (Fsp3) is 0.595. The van der Waals surface area contributed by atoms with Crippen molar-refractivity contribution in [3.63, 3.8) is 0 Å². The lowest BCUT2D eigenvalue weighted by molar-refractivity contribution is -0.437. The van der Waals surface area contributed by atoms with E-state index in [1.165, 1.54) is 13.8 Å². The second-order valence-electron chi connectivity index (χ2n) is 33.7. The summed E-state index contributed by atoms with van der Waals surface area (Å²) in [4.78, 5) is 178. The Labute approximate surface area is 734 Å². The lowest BCUT2D eigenvalue weighted by atomic mass is 9.64. The molecule has 0 spiro atoms. The predicted molar refractivity (Wildman–Crippen MR) is 430 cm³/mol. The molecule has 0 saturated heterocycles. The molecule has 36 nitrogen and oxygen atoms in total. The largest absolute Gasteiger partial charge is 0.462 e. The van der Waals surface area contributed by atoms with Gasteiger partial charge in [-0.1, -0.05) is 93.5 Å². The van der Waals surface area contributed by atoms with E-state index in [-0.39, 0.29) is 52.5 Å². The van der Waals surface area contributed by atoms with E-state index < -0.39 is 287 Å². The third-order valence-corrected chi connectivity index (χ3v) is 18.9. The number of ether oxygens (including phenoxy) is 18. The Kier molecular flexibility index (Phi) is 42.7. The minimum atomic E-state index is -5.99. The Morgan fingerprint density at radius 3 is 1.02 bits per heavy atom. The van der Waals surface area contributed by atoms with Crippen LogP contribution in [0.1, 0.15) is 114 Å². The highest BCUT2D eigenvalue weighted by Gasteiger charge is 2.71. The topological polar surface area (TPSA) is 453 Å². The van der Waals surface area contributed by atoms with Crippen LogP contribution in [0.3, 0.4) is 0 Å². The molecular weight excluding hydrogens is 1730 g/mol. The molecule has 0 aliphatic heterocycles. The summed E-state index contributed by atoms with van der Waals surface area (Å²) in [5, 5.41) is 9.75. The minimum absolute atomic E-state index is 0.0340. The average Bonchev–Trinajstić information content (AvgIpc) is 0.749. The SMILES string of the molecule is C=CC(=O)OCC(COCC(COC(=O)C=C)(COC(=O)C=C)COC(=O)NCC1CC(C)(C)CC(C)(NC(=O)OCC(F)(F)OC(C)(C)C(F)(F)C(F)(F)OC(C)(C)CC(F)(F)OC(=O)NC2CC(C)(C)CC(C)(NC(=O)OCC(COC(=O)C=C)(COC(=O)C=C)OCC(COC(=O)C=C)(COC(=O)C=C)COC(=O)C=C)C2)C1)(COC(=O)C=C)COC(=O)C=C. The first-order valence-electron chi connectivity index (χ1n) is 38.9. The van der Waals surface area contributed by atoms with Crippen molar-refractivity contribution in [2.24, 2.45) is 33.0 Å². The molecule has 4 amide bonds. The first kappa shape index (κ1) is 113. The summed E-state index contributed by atoms with van der Waals surface area (Å²) in [6, 6.07) is -1.20. The molecule has 2 aliphatic carbocycles. The zero-order valence-electron chi connectivity index (χ0n) is 73.1. The number of esters is 10. The van der Waals surface area contributed by atoms with Crippen LogP contribution in [0.5, 0.6) is 0 Å². The number of hydrogen-bond acceptors (Lipinski definition) is 32. The maximum atomic E-state index is 16.1. The molecule has 44 heteroatoms. The number of alkyl carbamates (subject to hydrolysis) is 4. The summed E-state index contributed by atoms with van der Waals surface area (Å²) in [7, 11) is 0. The number of halogens is 8. The van der Waals surface area contributed by atoms with Gasteiger partial charge in [-0.05, 0) is 96.8 Å². The fourth-order valence-corrected chi connectivity index (χ4v) is 13.7. The standard InChI is InChI=1S/C84H114F8N4O32/c1-21-57(97)112-41-77(42-113-58(98)22-2,43-114-59(99)23-3)39-111-40-78(44-115-60(100)24-4,45-116-61(101)25-5)49-122-67(107)93-35-55-31-71(11,12)36-75(19,32-55)95-70(110)124-54-82(87,88)128-74(17,18)83(89,90)84(91,92)127-73(15,16)38-81(85,86)126-68(108)94-56-33-72(13,14)37-76(20,34-56)96-69(109)123-53-80(51-120-65(105)29-9,52-121-66(106)30-10)125-50-79(46-117-62(102)26-6,47-118-63(103)27-7)48-119-64(104)28-8/h21-30,55-56H,1-10,31-54H2,11-20H3,(H,93,107)(H,94,108)(H,95,110)(H,96,109). The lowest BCUT2D eigenvalue weighted by Crippen LogP contribution is -2.62. The van der Waals surface area contributed by atoms with Crippen LogP contribution in [0.4, 0.5) is 54.3 Å². The first-order valence-corrected chi connectivity index (χ1v) is 38.9. The fourth-order valence-electron chi connectivity index (χ4n) is 13.7. The second-order valence-corrected chi connectivity index (χ2v) is 33.7. The van der Waals surface area contributed by atoms with E-state index in [0.29, 0.717) is 32.4 Å². The maximum Gasteiger partial charge on any atom is 0.422 e. The van der Waals surface area contributed by atoms with E-state index in [1.807, 2.05) is 0 Å². The van der Waals surface area contributed by atoms with Crippen molar-refractivity contribution in [3.05, 3.63) is 127 Å². The lowest BCUT2D eigenvalue weighted by Gasteiger charge is -2.47. The van der Waals surface area contributed by atoms with Gasteiger partial charge in [-0.2, -0.15) is 35.1 Å². The van der Waals surface area contributed by atoms with Gasteiger partial charge in [0.15, 0.2) is 12.2 Å². The van der Waals surface area contributed by atoms with Gasteiger partial charge in [-0.25, -0.2) is 67.1 Å². The number of alkyl halides is 8. The summed E-state index contributed by atoms with van der Waals surface area (Å²) in [6.07, 6.45) is -16.3. The van der Waals surface area contributed by atoms with Crippen LogP contribution in [0.25, 0.3) is 0 Å². The van der Waals surface area contributed by atoms with Gasteiger partial charge in [0.2, 0.25) is 0 Å². The normalized spacial score (nSPS) is 17.6. The van der Waals surface area contributed by atoms with Crippen LogP contribution in [0.15, 0.2) is 127 Å². The van der Waals surface area contributed by atoms with Crippen LogP contribution >= 0.6 is 0 Å². The smallest absolute Gasteiger partial charge is 0.422 e. The van der Waals surface area contributed by atoms with Crippen LogP contribution in [0, 0.1) is 33.0 Å². The van der Waals surface area contributed by atoms with Gasteiger partial charge in [-0.3, -0.25) is 0 Å². The van der Waals surface area contributed by atoms with E-state index in [1.54, 1.807) is 27.7 Å². The van der Waals surface area contributed by atoms with E-state index in [9.17, 15) is 67.1 Å². The molecular formula is C84H114F8N4O32. The predicted octanol–water partition coefficient (Wildman–Crippen LogP) is 10.2. The number of hydrogen-bond donors (Lipinski definition) is 4. The van der Waals surface area contributed by atoms with Crippen molar-refractivity contribution >= 4 is 84.1 Å². The second kappa shape index (κ2) is 48.6. The minimum Gasteiger partial charge on any atom is -0.462 e. The molecule has 128 heavy (non-hydrogen) atoms. The molecule has 0 heterocycles. The highest BCUT2D eigenvalue weighted by atomic mass is 19.3. The Hall–Kier alpha value is -11.5. The van der Waals surface area contributed by atoms with Gasteiger partial charge in [0.25, 0.3) is 0 Å². The van der Waals surface area contributed by atoms with Crippen LogP contribution in [0.2, 0.25) is 0 Å². The molecule has 0 aromatic rings. The molecule has 0 aromatic carbocycles. The van der Waals surface area contributed by atoms with E-state index in [0.717, 1.165) is 48.6 Å². The Balaban J connectivity index is 2.31. The van der Waals surface area contributed by atoms with Crippen molar-refractivity contribution in [1.29, 1.82) is 0 Å². The zero-order chi connectivity index (χ0) is 97.8. The Morgan fingerprint density at radius 2 is 0.656 bits per heavy atom. The van der Waals surface area contributed by atoms with Crippen molar-refractivity contribution < 1.29 is 188 Å². The third-order valence-electron chi connectivity index (χ3n) is 18.9. The highest BCUT2D eigenvalue weighted by molar-refractivity contribution is 5.85. The van der Waals surface area contributed by atoms with Crippen LogP contribution in [-0.2, 0) is 133 Å². The summed E-state index contributed by atoms with van der Waals surface area (Å²) < 4.78 is 220.